The van der Waals surface area contributed by atoms with Crippen LogP contribution in [0.15, 0.2) is 21.5 Å². The van der Waals surface area contributed by atoms with E-state index in [4.69, 9.17) is 16.3 Å². The van der Waals surface area contributed by atoms with Crippen molar-refractivity contribution >= 4 is 62.5 Å². The van der Waals surface area contributed by atoms with Gasteiger partial charge in [0.1, 0.15) is 0 Å². The first kappa shape index (κ1) is 18.8. The van der Waals surface area contributed by atoms with Crippen LogP contribution in [0.25, 0.3) is 6.08 Å². The number of halogens is 2. The molecular formula is C15H13BrClNO5S. The van der Waals surface area contributed by atoms with Gasteiger partial charge in [-0.2, -0.15) is 0 Å². The number of hydrogen-bond donors (Lipinski definition) is 0. The predicted octanol–water partition coefficient (Wildman–Crippen LogP) is 3.71. The molecule has 6 nitrogen and oxygen atoms in total. The van der Waals surface area contributed by atoms with Crippen molar-refractivity contribution in [2.24, 2.45) is 0 Å². The SMILES string of the molecule is CCN1C(=O)S/C(=C/c2cc(Cl)c(OCC(=O)OC)c(Br)c2)C1=O. The maximum atomic E-state index is 12.1. The molecule has 0 atom stereocenters. The lowest BCUT2D eigenvalue weighted by Crippen LogP contribution is -2.27. The molecule has 1 fully saturated rings. The van der Waals surface area contributed by atoms with E-state index in [1.165, 1.54) is 12.0 Å². The highest BCUT2D eigenvalue weighted by atomic mass is 79.9. The van der Waals surface area contributed by atoms with Gasteiger partial charge in [0.05, 0.1) is 21.5 Å². The number of likely N-dealkylation sites (N-methyl/N-ethyl adjacent to an activating group) is 1. The molecule has 0 spiro atoms. The van der Waals surface area contributed by atoms with E-state index in [-0.39, 0.29) is 22.8 Å². The van der Waals surface area contributed by atoms with E-state index in [9.17, 15) is 14.4 Å². The van der Waals surface area contributed by atoms with E-state index < -0.39 is 5.97 Å². The highest BCUT2D eigenvalue weighted by molar-refractivity contribution is 9.10. The summed E-state index contributed by atoms with van der Waals surface area (Å²) in [6, 6.07) is 3.26. The number of imide groups is 1. The smallest absolute Gasteiger partial charge is 0.343 e. The third-order valence-electron chi connectivity index (χ3n) is 3.07. The van der Waals surface area contributed by atoms with Crippen molar-refractivity contribution in [2.45, 2.75) is 6.92 Å². The topological polar surface area (TPSA) is 72.9 Å². The van der Waals surface area contributed by atoms with Gasteiger partial charge in [0, 0.05) is 6.54 Å². The number of benzene rings is 1. The molecule has 0 bridgehead atoms. The van der Waals surface area contributed by atoms with Crippen LogP contribution in [0, 0.1) is 0 Å². The Morgan fingerprint density at radius 3 is 2.67 bits per heavy atom. The lowest BCUT2D eigenvalue weighted by molar-refractivity contribution is -0.142. The van der Waals surface area contributed by atoms with E-state index in [0.717, 1.165) is 11.8 Å². The largest absolute Gasteiger partial charge is 0.479 e. The van der Waals surface area contributed by atoms with Crippen LogP contribution in [0.5, 0.6) is 5.75 Å². The third-order valence-corrected chi connectivity index (χ3v) is 4.85. The summed E-state index contributed by atoms with van der Waals surface area (Å²) in [5, 5.41) is -0.0359. The Hall–Kier alpha value is -1.51. The minimum Gasteiger partial charge on any atom is -0.479 e. The fourth-order valence-electron chi connectivity index (χ4n) is 1.91. The second kappa shape index (κ2) is 8.04. The second-order valence-corrected chi connectivity index (χ2v) is 6.86. The summed E-state index contributed by atoms with van der Waals surface area (Å²) >= 11 is 10.4. The summed E-state index contributed by atoms with van der Waals surface area (Å²) in [7, 11) is 1.26. The zero-order valence-electron chi connectivity index (χ0n) is 12.8. The molecule has 0 aromatic heterocycles. The van der Waals surface area contributed by atoms with Crippen LogP contribution in [-0.2, 0) is 14.3 Å². The molecular weight excluding hydrogens is 422 g/mol. The zero-order valence-corrected chi connectivity index (χ0v) is 16.0. The Bertz CT molecular complexity index is 714. The molecule has 1 aromatic carbocycles. The molecule has 1 saturated heterocycles. The quantitative estimate of drug-likeness (QED) is 0.519. The highest BCUT2D eigenvalue weighted by Gasteiger charge is 2.33. The Labute approximate surface area is 156 Å². The number of esters is 1. The molecule has 24 heavy (non-hydrogen) atoms. The van der Waals surface area contributed by atoms with Crippen molar-refractivity contribution in [2.75, 3.05) is 20.3 Å². The standard InChI is InChI=1S/C15H13BrClNO5S/c1-3-18-14(20)11(24-15(18)21)6-8-4-9(16)13(10(17)5-8)23-7-12(19)22-2/h4-6H,3,7H2,1-2H3/b11-6+. The van der Waals surface area contributed by atoms with E-state index >= 15 is 0 Å². The third kappa shape index (κ3) is 4.12. The summed E-state index contributed by atoms with van der Waals surface area (Å²) in [4.78, 5) is 36.4. The maximum Gasteiger partial charge on any atom is 0.343 e. The highest BCUT2D eigenvalue weighted by Crippen LogP contribution is 2.37. The minimum atomic E-state index is -0.532. The van der Waals surface area contributed by atoms with Crippen molar-refractivity contribution in [3.8, 4) is 5.75 Å². The minimum absolute atomic E-state index is 0.259. The number of amides is 2. The summed E-state index contributed by atoms with van der Waals surface area (Å²) in [5.74, 6) is -0.568. The second-order valence-electron chi connectivity index (χ2n) is 4.60. The van der Waals surface area contributed by atoms with E-state index in [1.54, 1.807) is 25.1 Å². The Balaban J connectivity index is 2.24. The van der Waals surface area contributed by atoms with Crippen LogP contribution in [-0.4, -0.2) is 42.3 Å². The van der Waals surface area contributed by atoms with Gasteiger partial charge in [-0.1, -0.05) is 11.6 Å². The average Bonchev–Trinajstić information content (AvgIpc) is 2.79. The van der Waals surface area contributed by atoms with Gasteiger partial charge in [-0.3, -0.25) is 14.5 Å². The lowest BCUT2D eigenvalue weighted by Gasteiger charge is -2.10. The Morgan fingerprint density at radius 2 is 2.12 bits per heavy atom. The van der Waals surface area contributed by atoms with Crippen LogP contribution < -0.4 is 4.74 Å². The monoisotopic (exact) mass is 433 g/mol. The number of carbonyl (C=O) groups is 3. The number of carbonyl (C=O) groups excluding carboxylic acids is 3. The normalized spacial score (nSPS) is 16.0. The van der Waals surface area contributed by atoms with E-state index in [2.05, 4.69) is 20.7 Å². The van der Waals surface area contributed by atoms with Gasteiger partial charge in [-0.15, -0.1) is 0 Å². The van der Waals surface area contributed by atoms with Crippen molar-refractivity contribution in [1.82, 2.24) is 4.90 Å². The number of methoxy groups -OCH3 is 1. The van der Waals surface area contributed by atoms with Crippen molar-refractivity contribution in [1.29, 1.82) is 0 Å². The predicted molar refractivity (Wildman–Crippen MR) is 95.0 cm³/mol. The molecule has 0 saturated carbocycles. The average molecular weight is 435 g/mol. The molecule has 0 radical (unpaired) electrons. The number of thioether (sulfide) groups is 1. The maximum absolute atomic E-state index is 12.1. The van der Waals surface area contributed by atoms with Crippen LogP contribution in [0.3, 0.4) is 0 Å². The van der Waals surface area contributed by atoms with Crippen molar-refractivity contribution in [3.05, 3.63) is 32.1 Å². The van der Waals surface area contributed by atoms with Gasteiger partial charge in [-0.05, 0) is 58.4 Å². The first-order chi connectivity index (χ1) is 11.4. The van der Waals surface area contributed by atoms with Gasteiger partial charge in [0.15, 0.2) is 12.4 Å². The molecule has 2 rings (SSSR count). The van der Waals surface area contributed by atoms with Gasteiger partial charge >= 0.3 is 5.97 Å². The lowest BCUT2D eigenvalue weighted by atomic mass is 10.2. The summed E-state index contributed by atoms with van der Waals surface area (Å²) < 4.78 is 10.3. The van der Waals surface area contributed by atoms with Crippen LogP contribution in [0.1, 0.15) is 12.5 Å². The molecule has 0 unspecified atom stereocenters. The summed E-state index contributed by atoms with van der Waals surface area (Å²) in [5.41, 5.74) is 0.624. The van der Waals surface area contributed by atoms with Crippen molar-refractivity contribution in [3.63, 3.8) is 0 Å². The van der Waals surface area contributed by atoms with Crippen LogP contribution in [0.4, 0.5) is 4.79 Å². The van der Waals surface area contributed by atoms with Gasteiger partial charge in [0.25, 0.3) is 11.1 Å². The van der Waals surface area contributed by atoms with Gasteiger partial charge < -0.3 is 9.47 Å². The molecule has 2 amide bonds. The number of hydrogen-bond acceptors (Lipinski definition) is 6. The van der Waals surface area contributed by atoms with E-state index in [1.807, 2.05) is 0 Å². The first-order valence-electron chi connectivity index (χ1n) is 6.81. The Kier molecular flexibility index (Phi) is 6.31. The fraction of sp³-hybridized carbons (Fsp3) is 0.267. The van der Waals surface area contributed by atoms with E-state index in [0.29, 0.717) is 27.2 Å². The van der Waals surface area contributed by atoms with Crippen LogP contribution >= 0.6 is 39.3 Å². The first-order valence-corrected chi connectivity index (χ1v) is 8.80. The molecule has 128 valence electrons. The van der Waals surface area contributed by atoms with Gasteiger partial charge in [0.2, 0.25) is 0 Å². The molecule has 1 heterocycles. The van der Waals surface area contributed by atoms with Crippen LogP contribution in [0.2, 0.25) is 5.02 Å². The molecule has 0 N–H and O–H groups in total. The molecule has 1 aromatic rings. The van der Waals surface area contributed by atoms with Crippen molar-refractivity contribution < 1.29 is 23.9 Å². The molecule has 0 aliphatic carbocycles. The zero-order chi connectivity index (χ0) is 17.9. The number of rotatable bonds is 5. The fourth-order valence-corrected chi connectivity index (χ4v) is 3.81. The molecule has 1 aliphatic rings. The molecule has 9 heteroatoms. The number of nitrogens with zero attached hydrogens (tertiary/aromatic N) is 1. The molecule has 1 aliphatic heterocycles. The summed E-state index contributed by atoms with van der Waals surface area (Å²) in [6.07, 6.45) is 1.58. The summed E-state index contributed by atoms with van der Waals surface area (Å²) in [6.45, 7) is 1.79. The Morgan fingerprint density at radius 1 is 1.42 bits per heavy atom. The number of ether oxygens (including phenoxy) is 2. The van der Waals surface area contributed by atoms with Gasteiger partial charge in [-0.25, -0.2) is 4.79 Å².